The van der Waals surface area contributed by atoms with E-state index < -0.39 is 24.2 Å². The predicted octanol–water partition coefficient (Wildman–Crippen LogP) is 0.311. The van der Waals surface area contributed by atoms with E-state index in [1.807, 2.05) is 0 Å². The van der Waals surface area contributed by atoms with Gasteiger partial charge < -0.3 is 20.6 Å². The van der Waals surface area contributed by atoms with Crippen molar-refractivity contribution in [3.05, 3.63) is 17.0 Å². The number of carbonyl (C=O) groups is 2. The highest BCUT2D eigenvalue weighted by atomic mass is 32.1. The van der Waals surface area contributed by atoms with Crippen LogP contribution in [0.15, 0.2) is 11.4 Å². The van der Waals surface area contributed by atoms with Crippen molar-refractivity contribution in [2.24, 2.45) is 0 Å². The van der Waals surface area contributed by atoms with Crippen molar-refractivity contribution >= 4 is 28.3 Å². The van der Waals surface area contributed by atoms with Gasteiger partial charge in [0.2, 0.25) is 0 Å². The summed E-state index contributed by atoms with van der Waals surface area (Å²) in [7, 11) is 0. The summed E-state index contributed by atoms with van der Waals surface area (Å²) in [6.45, 7) is 0.719. The number of aliphatic hydroxyl groups is 2. The number of thiophene rings is 1. The molecule has 0 bridgehead atoms. The molecule has 8 heteroatoms. The molecule has 0 radical (unpaired) electrons. The number of rotatable bonds is 5. The molecule has 7 nitrogen and oxygen atoms in total. The van der Waals surface area contributed by atoms with Gasteiger partial charge >= 0.3 is 12.0 Å². The standard InChI is InChI=1S/C10H14N2O5S/c1-10(17,5-13)4-11-9(16)12-7-6(8(14)15)2-3-18-7/h2-3,13,17H,4-5H2,1H3,(H,14,15)(H2,11,12,16). The molecule has 1 aromatic heterocycles. The van der Waals surface area contributed by atoms with Gasteiger partial charge in [0.15, 0.2) is 0 Å². The smallest absolute Gasteiger partial charge is 0.338 e. The van der Waals surface area contributed by atoms with E-state index >= 15 is 0 Å². The van der Waals surface area contributed by atoms with E-state index in [2.05, 4.69) is 10.6 Å². The molecular weight excluding hydrogens is 260 g/mol. The number of anilines is 1. The fraction of sp³-hybridized carbons (Fsp3) is 0.400. The first kappa shape index (κ1) is 14.4. The maximum absolute atomic E-state index is 11.4. The first-order valence-electron chi connectivity index (χ1n) is 5.04. The summed E-state index contributed by atoms with van der Waals surface area (Å²) >= 11 is 1.08. The molecule has 1 unspecified atom stereocenters. The van der Waals surface area contributed by atoms with Gasteiger partial charge in [0.05, 0.1) is 18.7 Å². The van der Waals surface area contributed by atoms with Gasteiger partial charge in [0.25, 0.3) is 0 Å². The van der Waals surface area contributed by atoms with Gasteiger partial charge in [-0.1, -0.05) is 0 Å². The predicted molar refractivity (Wildman–Crippen MR) is 66.0 cm³/mol. The highest BCUT2D eigenvalue weighted by Gasteiger charge is 2.20. The minimum Gasteiger partial charge on any atom is -0.478 e. The van der Waals surface area contributed by atoms with E-state index in [0.29, 0.717) is 0 Å². The molecule has 0 aliphatic rings. The van der Waals surface area contributed by atoms with Crippen LogP contribution in [-0.2, 0) is 0 Å². The third kappa shape index (κ3) is 3.99. The van der Waals surface area contributed by atoms with E-state index in [4.69, 9.17) is 10.2 Å². The molecule has 100 valence electrons. The van der Waals surface area contributed by atoms with Crippen molar-refractivity contribution in [1.82, 2.24) is 5.32 Å². The zero-order valence-corrected chi connectivity index (χ0v) is 10.5. The molecule has 2 amide bonds. The number of carboxylic acids is 1. The number of aromatic carboxylic acids is 1. The Kier molecular flexibility index (Phi) is 4.65. The largest absolute Gasteiger partial charge is 0.478 e. The van der Waals surface area contributed by atoms with E-state index in [1.165, 1.54) is 13.0 Å². The zero-order chi connectivity index (χ0) is 13.8. The topological polar surface area (TPSA) is 119 Å². The highest BCUT2D eigenvalue weighted by molar-refractivity contribution is 7.14. The summed E-state index contributed by atoms with van der Waals surface area (Å²) in [6.07, 6.45) is 0. The number of aliphatic hydroxyl groups excluding tert-OH is 1. The third-order valence-electron chi connectivity index (χ3n) is 2.09. The Bertz CT molecular complexity index is 443. The van der Waals surface area contributed by atoms with Crippen LogP contribution in [0.5, 0.6) is 0 Å². The average Bonchev–Trinajstić information content (AvgIpc) is 2.75. The molecule has 0 fully saturated rings. The SMILES string of the molecule is CC(O)(CO)CNC(=O)Nc1sccc1C(=O)O. The molecule has 0 saturated heterocycles. The Hall–Kier alpha value is -1.64. The van der Waals surface area contributed by atoms with Crippen molar-refractivity contribution in [1.29, 1.82) is 0 Å². The summed E-state index contributed by atoms with van der Waals surface area (Å²) in [4.78, 5) is 22.2. The van der Waals surface area contributed by atoms with E-state index in [0.717, 1.165) is 11.3 Å². The molecule has 1 heterocycles. The van der Waals surface area contributed by atoms with Crippen LogP contribution in [0, 0.1) is 0 Å². The molecule has 0 spiro atoms. The molecule has 0 saturated carbocycles. The van der Waals surface area contributed by atoms with Crippen LogP contribution < -0.4 is 10.6 Å². The Morgan fingerprint density at radius 2 is 2.17 bits per heavy atom. The molecule has 1 rings (SSSR count). The van der Waals surface area contributed by atoms with Gasteiger partial charge in [-0.2, -0.15) is 0 Å². The van der Waals surface area contributed by atoms with Crippen LogP contribution in [-0.4, -0.2) is 46.1 Å². The lowest BCUT2D eigenvalue weighted by molar-refractivity contribution is 0.00514. The third-order valence-corrected chi connectivity index (χ3v) is 2.92. The first-order chi connectivity index (χ1) is 8.35. The van der Waals surface area contributed by atoms with Gasteiger partial charge in [-0.25, -0.2) is 9.59 Å². The maximum atomic E-state index is 11.4. The minimum atomic E-state index is -1.41. The van der Waals surface area contributed by atoms with Crippen LogP contribution in [0.25, 0.3) is 0 Å². The Labute approximate surface area is 107 Å². The van der Waals surface area contributed by atoms with Crippen LogP contribution in [0.1, 0.15) is 17.3 Å². The van der Waals surface area contributed by atoms with E-state index in [1.54, 1.807) is 5.38 Å². The summed E-state index contributed by atoms with van der Waals surface area (Å²) in [5.74, 6) is -1.13. The molecule has 1 aromatic rings. The Morgan fingerprint density at radius 3 is 2.72 bits per heavy atom. The molecule has 18 heavy (non-hydrogen) atoms. The molecule has 0 aromatic carbocycles. The van der Waals surface area contributed by atoms with Gasteiger partial charge in [-0.15, -0.1) is 11.3 Å². The summed E-state index contributed by atoms with van der Waals surface area (Å²) in [5, 5.41) is 33.5. The summed E-state index contributed by atoms with van der Waals surface area (Å²) in [6, 6.07) is 0.737. The Balaban J connectivity index is 2.55. The lowest BCUT2D eigenvalue weighted by Crippen LogP contribution is -2.44. The van der Waals surface area contributed by atoms with Gasteiger partial charge in [-0.05, 0) is 18.4 Å². The first-order valence-corrected chi connectivity index (χ1v) is 5.92. The van der Waals surface area contributed by atoms with Crippen molar-refractivity contribution in [3.63, 3.8) is 0 Å². The van der Waals surface area contributed by atoms with Gasteiger partial charge in [-0.3, -0.25) is 5.32 Å². The number of carbonyl (C=O) groups excluding carboxylic acids is 1. The lowest BCUT2D eigenvalue weighted by atomic mass is 10.1. The molecule has 0 aliphatic carbocycles. The number of nitrogens with one attached hydrogen (secondary N) is 2. The fourth-order valence-electron chi connectivity index (χ4n) is 1.05. The van der Waals surface area contributed by atoms with Crippen molar-refractivity contribution < 1.29 is 24.9 Å². The summed E-state index contributed by atoms with van der Waals surface area (Å²) in [5.41, 5.74) is -1.41. The lowest BCUT2D eigenvalue weighted by Gasteiger charge is -2.20. The molecular formula is C10H14N2O5S. The van der Waals surface area contributed by atoms with Gasteiger partial charge in [0, 0.05) is 0 Å². The van der Waals surface area contributed by atoms with Crippen LogP contribution in [0.3, 0.4) is 0 Å². The van der Waals surface area contributed by atoms with Crippen molar-refractivity contribution in [2.75, 3.05) is 18.5 Å². The highest BCUT2D eigenvalue weighted by Crippen LogP contribution is 2.22. The fourth-order valence-corrected chi connectivity index (χ4v) is 1.82. The number of hydrogen-bond donors (Lipinski definition) is 5. The Morgan fingerprint density at radius 1 is 1.50 bits per heavy atom. The zero-order valence-electron chi connectivity index (χ0n) is 9.64. The summed E-state index contributed by atoms with van der Waals surface area (Å²) < 4.78 is 0. The monoisotopic (exact) mass is 274 g/mol. The van der Waals surface area contributed by atoms with Crippen molar-refractivity contribution in [3.8, 4) is 0 Å². The van der Waals surface area contributed by atoms with E-state index in [-0.39, 0.29) is 17.1 Å². The maximum Gasteiger partial charge on any atom is 0.338 e. The normalized spacial score (nSPS) is 13.7. The second-order valence-electron chi connectivity index (χ2n) is 3.93. The molecule has 1 atom stereocenters. The van der Waals surface area contributed by atoms with E-state index in [9.17, 15) is 14.7 Å². The average molecular weight is 274 g/mol. The number of hydrogen-bond acceptors (Lipinski definition) is 5. The number of urea groups is 1. The quantitative estimate of drug-likeness (QED) is 0.529. The number of carboxylic acid groups (broad SMARTS) is 1. The van der Waals surface area contributed by atoms with Crippen molar-refractivity contribution in [2.45, 2.75) is 12.5 Å². The van der Waals surface area contributed by atoms with Crippen LogP contribution >= 0.6 is 11.3 Å². The van der Waals surface area contributed by atoms with Crippen LogP contribution in [0.2, 0.25) is 0 Å². The molecule has 0 aliphatic heterocycles. The minimum absolute atomic E-state index is 0.00377. The second kappa shape index (κ2) is 5.80. The molecule has 5 N–H and O–H groups in total. The van der Waals surface area contributed by atoms with Crippen LogP contribution in [0.4, 0.5) is 9.80 Å². The van der Waals surface area contributed by atoms with Gasteiger partial charge in [0.1, 0.15) is 10.6 Å². The number of amides is 2. The second-order valence-corrected chi connectivity index (χ2v) is 4.85.